The Labute approximate surface area is 188 Å². The Hall–Kier alpha value is -0.500. The predicted octanol–water partition coefficient (Wildman–Crippen LogP) is 9.32. The van der Waals surface area contributed by atoms with Crippen LogP contribution in [0.4, 0.5) is 0 Å². The zero-order chi connectivity index (χ0) is 19.4. The summed E-state index contributed by atoms with van der Waals surface area (Å²) in [4.78, 5) is 6.61. The van der Waals surface area contributed by atoms with Gasteiger partial charge < -0.3 is 0 Å². The Bertz CT molecular complexity index is 951. The summed E-state index contributed by atoms with van der Waals surface area (Å²) in [6, 6.07) is 19.1. The van der Waals surface area contributed by atoms with Crippen molar-refractivity contribution in [3.63, 3.8) is 0 Å². The standard InChI is InChI=1S/C21H18S6/c1-13-5-8-18(17(23)10-13)24-27-21-12-15(3)6-9-19(21)25-26-20-11-14(2)4-7-16(20)22/h4-12H,1-3H3. The molecule has 0 aromatic heterocycles. The summed E-state index contributed by atoms with van der Waals surface area (Å²) >= 11 is 11.0. The van der Waals surface area contributed by atoms with Gasteiger partial charge in [0.05, 0.1) is 9.79 Å². The van der Waals surface area contributed by atoms with Crippen LogP contribution in [0.25, 0.3) is 0 Å². The second-order valence-electron chi connectivity index (χ2n) is 6.18. The van der Waals surface area contributed by atoms with Crippen LogP contribution < -0.4 is 0 Å². The normalized spacial score (nSPS) is 10.9. The summed E-state index contributed by atoms with van der Waals surface area (Å²) in [5.74, 6) is 0. The van der Waals surface area contributed by atoms with E-state index in [-0.39, 0.29) is 0 Å². The van der Waals surface area contributed by atoms with E-state index in [1.165, 1.54) is 26.5 Å². The minimum Gasteiger partial charge on any atom is -0.0789 e. The molecule has 0 unspecified atom stereocenters. The average molecular weight is 463 g/mol. The lowest BCUT2D eigenvalue weighted by Crippen LogP contribution is -1.81. The summed E-state index contributed by atoms with van der Waals surface area (Å²) in [5, 5.41) is 0. The van der Waals surface area contributed by atoms with Crippen LogP contribution in [0.5, 0.6) is 0 Å². The summed E-state index contributed by atoms with van der Waals surface area (Å²) in [5.41, 5.74) is 3.70. The van der Waals surface area contributed by atoms with Crippen LogP contribution in [0.2, 0.25) is 0 Å². The van der Waals surface area contributed by atoms with E-state index < -0.39 is 0 Å². The largest absolute Gasteiger partial charge is 0.0789 e. The van der Waals surface area contributed by atoms with Gasteiger partial charge in [-0.25, -0.2) is 0 Å². The van der Waals surface area contributed by atoms with Gasteiger partial charge in [-0.1, -0.05) is 86.6 Å². The van der Waals surface area contributed by atoms with Crippen molar-refractivity contribution in [1.29, 1.82) is 0 Å². The third kappa shape index (κ3) is 5.99. The van der Waals surface area contributed by atoms with Gasteiger partial charge in [-0.15, -0.1) is 0 Å². The number of hydrogen-bond donors (Lipinski definition) is 0. The molecule has 0 bridgehead atoms. The first-order valence-corrected chi connectivity index (χ1v) is 13.4. The molecule has 0 atom stereocenters. The van der Waals surface area contributed by atoms with Crippen molar-refractivity contribution < 1.29 is 0 Å². The Balaban J connectivity index is 1.75. The molecule has 3 aromatic carbocycles. The molecule has 0 aliphatic heterocycles. The maximum atomic E-state index is 5.50. The highest BCUT2D eigenvalue weighted by atomic mass is 33.1. The van der Waals surface area contributed by atoms with Crippen LogP contribution in [0.3, 0.4) is 0 Å². The van der Waals surface area contributed by atoms with E-state index in [1.807, 2.05) is 6.07 Å². The lowest BCUT2D eigenvalue weighted by atomic mass is 10.2. The lowest BCUT2D eigenvalue weighted by molar-refractivity contribution is 1.22. The molecular formula is C21H18S6. The minimum absolute atomic E-state index is 0.907. The van der Waals surface area contributed by atoms with Crippen molar-refractivity contribution in [1.82, 2.24) is 0 Å². The molecule has 3 aromatic rings. The number of hydrogen-bond acceptors (Lipinski definition) is 4. The van der Waals surface area contributed by atoms with E-state index in [0.29, 0.717) is 0 Å². The van der Waals surface area contributed by atoms with Gasteiger partial charge in [0.15, 0.2) is 0 Å². The number of benzene rings is 3. The van der Waals surface area contributed by atoms with Gasteiger partial charge >= 0.3 is 0 Å². The Kier molecular flexibility index (Phi) is 7.71. The van der Waals surface area contributed by atoms with Crippen LogP contribution in [-0.4, -0.2) is 0 Å². The van der Waals surface area contributed by atoms with Crippen molar-refractivity contribution >= 4 is 68.4 Å². The molecule has 2 radical (unpaired) electrons. The molecule has 138 valence electrons. The monoisotopic (exact) mass is 462 g/mol. The SMILES string of the molecule is Cc1ccc(SSc2cc(C)ccc2SSc2cc(C)ccc2[S])c([S])c1. The quantitative estimate of drug-likeness (QED) is 0.334. The van der Waals surface area contributed by atoms with E-state index in [9.17, 15) is 0 Å². The van der Waals surface area contributed by atoms with E-state index in [2.05, 4.69) is 69.3 Å². The molecule has 6 heteroatoms. The highest BCUT2D eigenvalue weighted by Gasteiger charge is 2.10. The Morgan fingerprint density at radius 2 is 0.963 bits per heavy atom. The molecule has 0 aliphatic rings. The van der Waals surface area contributed by atoms with Crippen LogP contribution in [0.15, 0.2) is 84.0 Å². The second kappa shape index (κ2) is 9.81. The topological polar surface area (TPSA) is 0 Å². The first kappa shape index (κ1) is 21.2. The first-order valence-electron chi connectivity index (χ1n) is 8.27. The molecule has 0 nitrogen and oxygen atoms in total. The third-order valence-electron chi connectivity index (χ3n) is 3.74. The van der Waals surface area contributed by atoms with Crippen molar-refractivity contribution in [3.05, 3.63) is 71.3 Å². The van der Waals surface area contributed by atoms with Gasteiger partial charge in [-0.3, -0.25) is 0 Å². The Morgan fingerprint density at radius 1 is 0.481 bits per heavy atom. The van der Waals surface area contributed by atoms with Gasteiger partial charge in [0.2, 0.25) is 0 Å². The van der Waals surface area contributed by atoms with E-state index >= 15 is 0 Å². The summed E-state index contributed by atoms with van der Waals surface area (Å²) in [6.07, 6.45) is 0. The second-order valence-corrected chi connectivity index (χ2v) is 11.5. The summed E-state index contributed by atoms with van der Waals surface area (Å²) < 4.78 is 0. The molecule has 3 rings (SSSR count). The molecule has 0 saturated heterocycles. The van der Waals surface area contributed by atoms with Crippen molar-refractivity contribution in [2.45, 2.75) is 50.1 Å². The molecular weight excluding hydrogens is 445 g/mol. The third-order valence-corrected chi connectivity index (χ3v) is 9.75. The molecule has 0 N–H and O–H groups in total. The van der Waals surface area contributed by atoms with Crippen LogP contribution in [-0.2, 0) is 0 Å². The smallest absolute Gasteiger partial charge is 0.0524 e. The maximum absolute atomic E-state index is 5.50. The van der Waals surface area contributed by atoms with Crippen LogP contribution in [0.1, 0.15) is 16.7 Å². The fourth-order valence-corrected chi connectivity index (χ4v) is 8.24. The van der Waals surface area contributed by atoms with E-state index in [1.54, 1.807) is 43.2 Å². The van der Waals surface area contributed by atoms with Crippen molar-refractivity contribution in [3.8, 4) is 0 Å². The van der Waals surface area contributed by atoms with Gasteiger partial charge in [0, 0.05) is 19.6 Å². The van der Waals surface area contributed by atoms with Gasteiger partial charge in [0.1, 0.15) is 0 Å². The molecule has 0 aliphatic carbocycles. The Morgan fingerprint density at radius 3 is 1.67 bits per heavy atom. The highest BCUT2D eigenvalue weighted by molar-refractivity contribution is 8.78. The van der Waals surface area contributed by atoms with Crippen LogP contribution in [0, 0.1) is 20.8 Å². The molecule has 0 spiro atoms. The predicted molar refractivity (Wildman–Crippen MR) is 129 cm³/mol. The molecule has 0 amide bonds. The van der Waals surface area contributed by atoms with Gasteiger partial charge in [-0.05, 0) is 73.9 Å². The molecule has 27 heavy (non-hydrogen) atoms. The van der Waals surface area contributed by atoms with E-state index in [4.69, 9.17) is 25.3 Å². The van der Waals surface area contributed by atoms with Crippen LogP contribution >= 0.6 is 68.4 Å². The number of aryl methyl sites for hydroxylation is 3. The fourth-order valence-electron chi connectivity index (χ4n) is 2.29. The van der Waals surface area contributed by atoms with Gasteiger partial charge in [-0.2, -0.15) is 0 Å². The average Bonchev–Trinajstić information content (AvgIpc) is 2.63. The fraction of sp³-hybridized carbons (Fsp3) is 0.143. The summed E-state index contributed by atoms with van der Waals surface area (Å²) in [7, 11) is 6.99. The first-order chi connectivity index (χ1) is 12.9. The highest BCUT2D eigenvalue weighted by Crippen LogP contribution is 2.48. The summed E-state index contributed by atoms with van der Waals surface area (Å²) in [6.45, 7) is 6.30. The van der Waals surface area contributed by atoms with Crippen molar-refractivity contribution in [2.75, 3.05) is 0 Å². The van der Waals surface area contributed by atoms with E-state index in [0.717, 1.165) is 19.6 Å². The zero-order valence-corrected chi connectivity index (χ0v) is 20.0. The maximum Gasteiger partial charge on any atom is 0.0524 e. The molecule has 0 fully saturated rings. The lowest BCUT2D eigenvalue weighted by Gasteiger charge is -2.11. The molecule has 0 heterocycles. The van der Waals surface area contributed by atoms with Gasteiger partial charge in [0.25, 0.3) is 0 Å². The zero-order valence-electron chi connectivity index (χ0n) is 15.1. The number of rotatable bonds is 6. The molecule has 0 saturated carbocycles. The van der Waals surface area contributed by atoms with Crippen molar-refractivity contribution in [2.24, 2.45) is 0 Å². The minimum atomic E-state index is 0.907.